The molecule has 4 rings (SSSR count). The highest BCUT2D eigenvalue weighted by atomic mass is 19.1. The van der Waals surface area contributed by atoms with Crippen LogP contribution in [-0.4, -0.2) is 43.4 Å². The second-order valence-electron chi connectivity index (χ2n) is 6.68. The lowest BCUT2D eigenvalue weighted by molar-refractivity contribution is 0.220. The average molecular weight is 409 g/mol. The fourth-order valence-corrected chi connectivity index (χ4v) is 3.10. The van der Waals surface area contributed by atoms with Crippen LogP contribution in [0.25, 0.3) is 16.6 Å². The summed E-state index contributed by atoms with van der Waals surface area (Å²) in [5.41, 5.74) is 7.23. The second-order valence-corrected chi connectivity index (χ2v) is 6.68. The number of hydrogen-bond donors (Lipinski definition) is 1. The number of pyridine rings is 1. The molecule has 0 unspecified atom stereocenters. The van der Waals surface area contributed by atoms with Crippen LogP contribution in [-0.2, 0) is 6.42 Å². The van der Waals surface area contributed by atoms with Gasteiger partial charge in [0, 0.05) is 36.7 Å². The maximum absolute atomic E-state index is 15.0. The number of urea groups is 1. The maximum Gasteiger partial charge on any atom is 0.334 e. The van der Waals surface area contributed by atoms with Crippen molar-refractivity contribution in [3.63, 3.8) is 0 Å². The van der Waals surface area contributed by atoms with Crippen LogP contribution in [0.4, 0.5) is 13.6 Å². The number of hydrogen-bond acceptors (Lipinski definition) is 5. The Morgan fingerprint density at radius 2 is 2.07 bits per heavy atom. The summed E-state index contributed by atoms with van der Waals surface area (Å²) in [5.74, 6) is -1.35. The molecule has 0 bridgehead atoms. The molecule has 4 aromatic rings. The predicted octanol–water partition coefficient (Wildman–Crippen LogP) is 2.88. The number of benzene rings is 1. The van der Waals surface area contributed by atoms with E-state index in [1.54, 1.807) is 31.2 Å². The van der Waals surface area contributed by atoms with Crippen LogP contribution >= 0.6 is 0 Å². The van der Waals surface area contributed by atoms with Gasteiger partial charge >= 0.3 is 6.03 Å². The van der Waals surface area contributed by atoms with Crippen molar-refractivity contribution >= 4 is 28.3 Å². The summed E-state index contributed by atoms with van der Waals surface area (Å²) in [4.78, 5) is 19.4. The molecule has 0 saturated carbocycles. The number of primary amides is 1. The summed E-state index contributed by atoms with van der Waals surface area (Å²) in [5, 5.41) is 9.75. The van der Waals surface area contributed by atoms with Crippen molar-refractivity contribution in [2.45, 2.75) is 13.3 Å². The van der Waals surface area contributed by atoms with Crippen molar-refractivity contribution in [2.75, 3.05) is 7.05 Å². The van der Waals surface area contributed by atoms with Gasteiger partial charge in [-0.15, -0.1) is 0 Å². The third-order valence-corrected chi connectivity index (χ3v) is 4.67. The molecule has 0 radical (unpaired) electrons. The summed E-state index contributed by atoms with van der Waals surface area (Å²) in [6, 6.07) is 7.04. The van der Waals surface area contributed by atoms with Crippen molar-refractivity contribution < 1.29 is 13.6 Å². The first-order valence-corrected chi connectivity index (χ1v) is 8.99. The Morgan fingerprint density at radius 3 is 2.83 bits per heavy atom. The van der Waals surface area contributed by atoms with Gasteiger partial charge in [0.05, 0.1) is 23.1 Å². The molecular weight excluding hydrogens is 392 g/mol. The number of fused-ring (bicyclic) bond motifs is 2. The van der Waals surface area contributed by atoms with Gasteiger partial charge in [-0.25, -0.2) is 28.1 Å². The van der Waals surface area contributed by atoms with Gasteiger partial charge in [0.15, 0.2) is 5.65 Å². The number of halogens is 2. The van der Waals surface area contributed by atoms with Gasteiger partial charge in [-0.2, -0.15) is 10.2 Å². The second kappa shape index (κ2) is 7.47. The van der Waals surface area contributed by atoms with Gasteiger partial charge < -0.3 is 5.73 Å². The molecule has 0 aliphatic rings. The highest BCUT2D eigenvalue weighted by Crippen LogP contribution is 2.25. The van der Waals surface area contributed by atoms with E-state index in [0.717, 1.165) is 5.01 Å². The van der Waals surface area contributed by atoms with E-state index in [-0.39, 0.29) is 22.9 Å². The molecule has 2 N–H and O–H groups in total. The molecule has 10 heteroatoms. The fraction of sp³-hybridized carbons (Fsp3) is 0.150. The zero-order valence-corrected chi connectivity index (χ0v) is 16.2. The van der Waals surface area contributed by atoms with Crippen LogP contribution in [0.3, 0.4) is 0 Å². The Kier molecular flexibility index (Phi) is 4.82. The number of aromatic nitrogens is 4. The number of rotatable bonds is 4. The van der Waals surface area contributed by atoms with E-state index in [0.29, 0.717) is 22.7 Å². The van der Waals surface area contributed by atoms with Crippen LogP contribution in [0.1, 0.15) is 23.9 Å². The Bertz CT molecular complexity index is 1320. The monoisotopic (exact) mass is 409 g/mol. The predicted molar refractivity (Wildman–Crippen MR) is 107 cm³/mol. The molecular formula is C20H17F2N7O. The molecule has 3 heterocycles. The van der Waals surface area contributed by atoms with E-state index >= 15 is 0 Å². The third-order valence-electron chi connectivity index (χ3n) is 4.67. The van der Waals surface area contributed by atoms with E-state index in [4.69, 9.17) is 5.73 Å². The summed E-state index contributed by atoms with van der Waals surface area (Å²) >= 11 is 0. The normalized spacial score (nSPS) is 11.9. The number of amides is 2. The third kappa shape index (κ3) is 3.43. The number of carbonyl (C=O) groups excluding carboxylic acids is 1. The fourth-order valence-electron chi connectivity index (χ4n) is 3.10. The number of hydrazone groups is 1. The van der Waals surface area contributed by atoms with Crippen LogP contribution in [0.15, 0.2) is 47.8 Å². The summed E-state index contributed by atoms with van der Waals surface area (Å²) in [6.45, 7) is 1.67. The van der Waals surface area contributed by atoms with E-state index in [1.165, 1.54) is 30.0 Å². The number of nitrogens with two attached hydrogens (primary N) is 1. The molecule has 3 aromatic heterocycles. The summed E-state index contributed by atoms with van der Waals surface area (Å²) in [7, 11) is 1.42. The standard InChI is InChI=1S/C20H17F2N7O/c1-11(26-28(2)20(23)30)16-5-6-18-25-10-12(29(18)27-16)8-14-15(21)9-17-13(19(14)22)4-3-7-24-17/h3-7,9-10H,8H2,1-2H3,(H2,23,30). The highest BCUT2D eigenvalue weighted by molar-refractivity contribution is 5.97. The smallest absolute Gasteiger partial charge is 0.334 e. The van der Waals surface area contributed by atoms with Gasteiger partial charge in [-0.1, -0.05) is 0 Å². The number of carbonyl (C=O) groups is 1. The maximum atomic E-state index is 15.0. The van der Waals surface area contributed by atoms with Gasteiger partial charge in [0.1, 0.15) is 17.3 Å². The van der Waals surface area contributed by atoms with Crippen molar-refractivity contribution in [1.82, 2.24) is 24.6 Å². The number of nitrogens with zero attached hydrogens (tertiary/aromatic N) is 6. The zero-order chi connectivity index (χ0) is 21.4. The first-order valence-electron chi connectivity index (χ1n) is 8.99. The van der Waals surface area contributed by atoms with E-state index in [1.807, 2.05) is 0 Å². The lowest BCUT2D eigenvalue weighted by atomic mass is 10.0. The first-order chi connectivity index (χ1) is 14.3. The first kappa shape index (κ1) is 19.4. The Labute approximate surface area is 169 Å². The van der Waals surface area contributed by atoms with Crippen molar-refractivity contribution in [3.8, 4) is 0 Å². The molecule has 0 fully saturated rings. The van der Waals surface area contributed by atoms with Crippen LogP contribution in [0.5, 0.6) is 0 Å². The van der Waals surface area contributed by atoms with Gasteiger partial charge in [-0.3, -0.25) is 4.98 Å². The minimum absolute atomic E-state index is 0.0580. The lowest BCUT2D eigenvalue weighted by Gasteiger charge is -2.10. The van der Waals surface area contributed by atoms with Crippen LogP contribution in [0.2, 0.25) is 0 Å². The molecule has 0 aliphatic heterocycles. The largest absolute Gasteiger partial charge is 0.350 e. The minimum Gasteiger partial charge on any atom is -0.350 e. The Morgan fingerprint density at radius 1 is 1.27 bits per heavy atom. The SMILES string of the molecule is CC(=NN(C)C(N)=O)c1ccc2ncc(Cc3c(F)cc4ncccc4c3F)n2n1. The topological polar surface area (TPSA) is 102 Å². The molecule has 0 saturated heterocycles. The van der Waals surface area contributed by atoms with Gasteiger partial charge in [0.25, 0.3) is 0 Å². The van der Waals surface area contributed by atoms with Crippen molar-refractivity contribution in [2.24, 2.45) is 10.8 Å². The Balaban J connectivity index is 1.76. The Hall–Kier alpha value is -3.95. The summed E-state index contributed by atoms with van der Waals surface area (Å²) in [6.07, 6.45) is 2.94. The molecule has 30 heavy (non-hydrogen) atoms. The molecule has 1 aromatic carbocycles. The summed E-state index contributed by atoms with van der Waals surface area (Å²) < 4.78 is 31.0. The highest BCUT2D eigenvalue weighted by Gasteiger charge is 2.17. The van der Waals surface area contributed by atoms with Crippen molar-refractivity contribution in [3.05, 3.63) is 71.3 Å². The van der Waals surface area contributed by atoms with Gasteiger partial charge in [0.2, 0.25) is 0 Å². The zero-order valence-electron chi connectivity index (χ0n) is 16.2. The molecule has 2 amide bonds. The molecule has 8 nitrogen and oxygen atoms in total. The quantitative estimate of drug-likeness (QED) is 0.414. The average Bonchev–Trinajstić information content (AvgIpc) is 3.13. The van der Waals surface area contributed by atoms with Gasteiger partial charge in [-0.05, 0) is 31.2 Å². The minimum atomic E-state index is -0.713. The van der Waals surface area contributed by atoms with Crippen LogP contribution < -0.4 is 5.73 Å². The van der Waals surface area contributed by atoms with Crippen molar-refractivity contribution in [1.29, 1.82) is 0 Å². The van der Waals surface area contributed by atoms with Crippen LogP contribution in [0, 0.1) is 11.6 Å². The molecule has 0 aliphatic carbocycles. The van der Waals surface area contributed by atoms with E-state index < -0.39 is 17.7 Å². The lowest BCUT2D eigenvalue weighted by Crippen LogP contribution is -2.28. The number of imidazole rings is 1. The molecule has 152 valence electrons. The van der Waals surface area contributed by atoms with E-state index in [2.05, 4.69) is 20.2 Å². The molecule has 0 atom stereocenters. The molecule has 0 spiro atoms. The van der Waals surface area contributed by atoms with E-state index in [9.17, 15) is 13.6 Å².